The van der Waals surface area contributed by atoms with Gasteiger partial charge in [-0.2, -0.15) is 0 Å². The van der Waals surface area contributed by atoms with Gasteiger partial charge in [0.15, 0.2) is 0 Å². The molecule has 6 heteroatoms. The number of likely N-dealkylation sites (N-methyl/N-ethyl adjacent to an activating group) is 1. The second-order valence-corrected chi connectivity index (χ2v) is 5.48. The van der Waals surface area contributed by atoms with Crippen molar-refractivity contribution < 1.29 is 9.53 Å². The zero-order valence-electron chi connectivity index (χ0n) is 14.7. The summed E-state index contributed by atoms with van der Waals surface area (Å²) in [7, 11) is 0. The lowest BCUT2D eigenvalue weighted by Crippen LogP contribution is -2.34. The minimum absolute atomic E-state index is 0.0779. The van der Waals surface area contributed by atoms with Crippen LogP contribution in [-0.4, -0.2) is 35.6 Å². The minimum Gasteiger partial charge on any atom is -0.478 e. The quantitative estimate of drug-likeness (QED) is 0.846. The Labute approximate surface area is 142 Å². The van der Waals surface area contributed by atoms with E-state index < -0.39 is 0 Å². The molecule has 1 aromatic carbocycles. The number of para-hydroxylation sites is 1. The van der Waals surface area contributed by atoms with E-state index in [4.69, 9.17) is 4.74 Å². The Morgan fingerprint density at radius 2 is 1.92 bits per heavy atom. The number of amides is 1. The molecule has 24 heavy (non-hydrogen) atoms. The van der Waals surface area contributed by atoms with Gasteiger partial charge in [-0.15, -0.1) is 0 Å². The van der Waals surface area contributed by atoms with Crippen LogP contribution in [0.25, 0.3) is 0 Å². The van der Waals surface area contributed by atoms with Gasteiger partial charge in [0.2, 0.25) is 11.8 Å². The number of aryl methyl sites for hydroxylation is 2. The summed E-state index contributed by atoms with van der Waals surface area (Å²) in [5.41, 5.74) is 2.97. The van der Waals surface area contributed by atoms with Crippen LogP contribution in [0.3, 0.4) is 0 Å². The third-order valence-electron chi connectivity index (χ3n) is 3.71. The molecule has 0 saturated carbocycles. The number of carbonyl (C=O) groups excluding carboxylic acids is 1. The molecule has 1 N–H and O–H groups in total. The maximum absolute atomic E-state index is 12.4. The molecule has 0 spiro atoms. The number of hydrogen-bond donors (Lipinski definition) is 1. The zero-order chi connectivity index (χ0) is 17.5. The Morgan fingerprint density at radius 1 is 1.21 bits per heavy atom. The molecular formula is C18H24N4O2. The molecule has 0 atom stereocenters. The summed E-state index contributed by atoms with van der Waals surface area (Å²) in [5, 5.41) is 3.00. The van der Waals surface area contributed by atoms with E-state index in [2.05, 4.69) is 15.3 Å². The van der Waals surface area contributed by atoms with Gasteiger partial charge >= 0.3 is 0 Å². The van der Waals surface area contributed by atoms with Crippen molar-refractivity contribution in [3.63, 3.8) is 0 Å². The van der Waals surface area contributed by atoms with E-state index in [1.54, 1.807) is 6.07 Å². The lowest BCUT2D eigenvalue weighted by Gasteiger charge is -2.22. The first kappa shape index (κ1) is 17.7. The molecule has 0 unspecified atom stereocenters. The topological polar surface area (TPSA) is 67.3 Å². The molecule has 0 radical (unpaired) electrons. The number of rotatable bonds is 7. The lowest BCUT2D eigenvalue weighted by atomic mass is 10.1. The highest BCUT2D eigenvalue weighted by molar-refractivity contribution is 5.95. The van der Waals surface area contributed by atoms with E-state index in [-0.39, 0.29) is 12.5 Å². The first-order valence-corrected chi connectivity index (χ1v) is 8.11. The van der Waals surface area contributed by atoms with Crippen molar-refractivity contribution in [3.8, 4) is 5.88 Å². The van der Waals surface area contributed by atoms with E-state index in [1.807, 2.05) is 50.8 Å². The molecular weight excluding hydrogens is 304 g/mol. The van der Waals surface area contributed by atoms with Gasteiger partial charge in [0.1, 0.15) is 12.1 Å². The molecule has 0 bridgehead atoms. The Balaban J connectivity index is 2.09. The van der Waals surface area contributed by atoms with Crippen LogP contribution in [0.4, 0.5) is 11.5 Å². The van der Waals surface area contributed by atoms with Gasteiger partial charge in [0.05, 0.1) is 13.2 Å². The fraction of sp³-hybridized carbons (Fsp3) is 0.389. The van der Waals surface area contributed by atoms with Gasteiger partial charge in [0.25, 0.3) is 0 Å². The number of benzene rings is 1. The molecule has 1 aromatic heterocycles. The highest BCUT2D eigenvalue weighted by Gasteiger charge is 2.14. The van der Waals surface area contributed by atoms with Crippen LogP contribution in [0.5, 0.6) is 5.88 Å². The van der Waals surface area contributed by atoms with Crippen LogP contribution in [0.1, 0.15) is 25.0 Å². The average Bonchev–Trinajstić information content (AvgIpc) is 2.57. The third kappa shape index (κ3) is 4.44. The molecule has 0 aliphatic heterocycles. The number of aromatic nitrogens is 2. The van der Waals surface area contributed by atoms with Gasteiger partial charge < -0.3 is 15.0 Å². The predicted octanol–water partition coefficient (Wildman–Crippen LogP) is 2.96. The first-order chi connectivity index (χ1) is 11.5. The summed E-state index contributed by atoms with van der Waals surface area (Å²) in [5.74, 6) is 1.11. The Bertz CT molecular complexity index is 683. The van der Waals surface area contributed by atoms with Gasteiger partial charge in [-0.25, -0.2) is 9.97 Å². The standard InChI is InChI=1S/C18H24N4O2/c1-5-22(15-10-17(24-6-2)20-12-19-15)11-16(23)21-18-13(3)8-7-9-14(18)4/h7-10,12H,5-6,11H2,1-4H3,(H,21,23). The third-order valence-corrected chi connectivity index (χ3v) is 3.71. The van der Waals surface area contributed by atoms with E-state index in [0.717, 1.165) is 16.8 Å². The SMILES string of the molecule is CCOc1cc(N(CC)CC(=O)Nc2c(C)cccc2C)ncn1. The van der Waals surface area contributed by atoms with Crippen LogP contribution in [-0.2, 0) is 4.79 Å². The molecule has 0 aliphatic carbocycles. The molecule has 2 aromatic rings. The predicted molar refractivity (Wildman–Crippen MR) is 95.6 cm³/mol. The first-order valence-electron chi connectivity index (χ1n) is 8.11. The Hall–Kier alpha value is -2.63. The number of carbonyl (C=O) groups is 1. The summed E-state index contributed by atoms with van der Waals surface area (Å²) < 4.78 is 5.39. The number of nitrogens with zero attached hydrogens (tertiary/aromatic N) is 3. The maximum atomic E-state index is 12.4. The summed E-state index contributed by atoms with van der Waals surface area (Å²) in [6.07, 6.45) is 1.45. The van der Waals surface area contributed by atoms with Crippen molar-refractivity contribution in [3.05, 3.63) is 41.7 Å². The molecule has 0 fully saturated rings. The van der Waals surface area contributed by atoms with Crippen molar-refractivity contribution in [2.45, 2.75) is 27.7 Å². The number of anilines is 2. The molecule has 2 rings (SSSR count). The zero-order valence-corrected chi connectivity index (χ0v) is 14.7. The van der Waals surface area contributed by atoms with E-state index >= 15 is 0 Å². The van der Waals surface area contributed by atoms with Crippen LogP contribution < -0.4 is 15.0 Å². The van der Waals surface area contributed by atoms with E-state index in [9.17, 15) is 4.79 Å². The molecule has 0 saturated heterocycles. The normalized spacial score (nSPS) is 10.3. The average molecular weight is 328 g/mol. The maximum Gasteiger partial charge on any atom is 0.243 e. The fourth-order valence-electron chi connectivity index (χ4n) is 2.45. The van der Waals surface area contributed by atoms with Gasteiger partial charge in [0, 0.05) is 18.3 Å². The second-order valence-electron chi connectivity index (χ2n) is 5.48. The fourth-order valence-corrected chi connectivity index (χ4v) is 2.45. The monoisotopic (exact) mass is 328 g/mol. The summed E-state index contributed by atoms with van der Waals surface area (Å²) in [6, 6.07) is 7.70. The smallest absolute Gasteiger partial charge is 0.243 e. The second kappa shape index (κ2) is 8.29. The summed E-state index contributed by atoms with van der Waals surface area (Å²) >= 11 is 0. The van der Waals surface area contributed by atoms with Crippen LogP contribution in [0, 0.1) is 13.8 Å². The van der Waals surface area contributed by atoms with Crippen molar-refractivity contribution in [2.75, 3.05) is 29.9 Å². The minimum atomic E-state index is -0.0779. The van der Waals surface area contributed by atoms with E-state index in [0.29, 0.717) is 24.8 Å². The Kier molecular flexibility index (Phi) is 6.12. The van der Waals surface area contributed by atoms with Crippen molar-refractivity contribution >= 4 is 17.4 Å². The van der Waals surface area contributed by atoms with Crippen molar-refractivity contribution in [2.24, 2.45) is 0 Å². The van der Waals surface area contributed by atoms with Crippen LogP contribution in [0.15, 0.2) is 30.6 Å². The lowest BCUT2D eigenvalue weighted by molar-refractivity contribution is -0.115. The van der Waals surface area contributed by atoms with Crippen molar-refractivity contribution in [1.29, 1.82) is 0 Å². The number of ether oxygens (including phenoxy) is 1. The molecule has 6 nitrogen and oxygen atoms in total. The van der Waals surface area contributed by atoms with Gasteiger partial charge in [-0.05, 0) is 38.8 Å². The molecule has 1 amide bonds. The highest BCUT2D eigenvalue weighted by Crippen LogP contribution is 2.20. The van der Waals surface area contributed by atoms with Crippen LogP contribution in [0.2, 0.25) is 0 Å². The number of nitrogens with one attached hydrogen (secondary N) is 1. The van der Waals surface area contributed by atoms with Gasteiger partial charge in [-0.3, -0.25) is 4.79 Å². The number of hydrogen-bond acceptors (Lipinski definition) is 5. The highest BCUT2D eigenvalue weighted by atomic mass is 16.5. The molecule has 0 aliphatic rings. The van der Waals surface area contributed by atoms with E-state index in [1.165, 1.54) is 6.33 Å². The van der Waals surface area contributed by atoms with Crippen molar-refractivity contribution in [1.82, 2.24) is 9.97 Å². The summed E-state index contributed by atoms with van der Waals surface area (Å²) in [6.45, 7) is 9.26. The summed E-state index contributed by atoms with van der Waals surface area (Å²) in [4.78, 5) is 22.6. The Morgan fingerprint density at radius 3 is 2.54 bits per heavy atom. The molecule has 128 valence electrons. The molecule has 1 heterocycles. The van der Waals surface area contributed by atoms with Gasteiger partial charge in [-0.1, -0.05) is 18.2 Å². The van der Waals surface area contributed by atoms with Crippen LogP contribution >= 0.6 is 0 Å². The largest absolute Gasteiger partial charge is 0.478 e.